The van der Waals surface area contributed by atoms with Crippen LogP contribution in [-0.2, 0) is 9.47 Å². The summed E-state index contributed by atoms with van der Waals surface area (Å²) in [6.45, 7) is 6.81. The molecule has 2 atom stereocenters. The lowest BCUT2D eigenvalue weighted by molar-refractivity contribution is -0.164. The van der Waals surface area contributed by atoms with E-state index in [2.05, 4.69) is 10.2 Å². The van der Waals surface area contributed by atoms with Crippen molar-refractivity contribution in [2.24, 2.45) is 5.41 Å². The van der Waals surface area contributed by atoms with E-state index in [9.17, 15) is 0 Å². The molecule has 3 heterocycles. The molecule has 0 aromatic heterocycles. The maximum absolute atomic E-state index is 6.31. The Kier molecular flexibility index (Phi) is 3.99. The van der Waals surface area contributed by atoms with Crippen LogP contribution < -0.4 is 5.32 Å². The average Bonchev–Trinajstić information content (AvgIpc) is 3.11. The molecule has 3 saturated heterocycles. The van der Waals surface area contributed by atoms with Gasteiger partial charge in [-0.3, -0.25) is 0 Å². The molecule has 4 rings (SSSR count). The Morgan fingerprint density at radius 1 is 1.05 bits per heavy atom. The van der Waals surface area contributed by atoms with Crippen molar-refractivity contribution in [1.82, 2.24) is 10.2 Å². The van der Waals surface area contributed by atoms with E-state index in [1.54, 1.807) is 0 Å². The molecule has 4 fully saturated rings. The molecule has 4 heteroatoms. The van der Waals surface area contributed by atoms with Gasteiger partial charge in [0, 0.05) is 32.5 Å². The van der Waals surface area contributed by atoms with Gasteiger partial charge in [-0.1, -0.05) is 0 Å². The van der Waals surface area contributed by atoms with Crippen molar-refractivity contribution in [2.75, 3.05) is 39.3 Å². The molecule has 4 aliphatic rings. The van der Waals surface area contributed by atoms with Crippen molar-refractivity contribution < 1.29 is 9.47 Å². The summed E-state index contributed by atoms with van der Waals surface area (Å²) in [5, 5.41) is 3.62. The van der Waals surface area contributed by atoms with Gasteiger partial charge in [-0.05, 0) is 57.0 Å². The van der Waals surface area contributed by atoms with E-state index in [1.165, 1.54) is 64.7 Å². The summed E-state index contributed by atoms with van der Waals surface area (Å²) in [6.07, 6.45) is 10.6. The van der Waals surface area contributed by atoms with Gasteiger partial charge in [0.1, 0.15) is 0 Å². The lowest BCUT2D eigenvalue weighted by Gasteiger charge is -2.46. The Morgan fingerprint density at radius 3 is 2.71 bits per heavy atom. The average molecular weight is 294 g/mol. The van der Waals surface area contributed by atoms with Crippen molar-refractivity contribution in [1.29, 1.82) is 0 Å². The number of nitrogens with one attached hydrogen (secondary N) is 1. The van der Waals surface area contributed by atoms with E-state index in [-0.39, 0.29) is 5.79 Å². The molecule has 0 amide bonds. The van der Waals surface area contributed by atoms with Crippen LogP contribution in [0.2, 0.25) is 0 Å². The van der Waals surface area contributed by atoms with Crippen LogP contribution in [0.1, 0.15) is 51.4 Å². The second-order valence-electron chi connectivity index (χ2n) is 7.79. The van der Waals surface area contributed by atoms with Crippen LogP contribution in [0, 0.1) is 5.41 Å². The maximum atomic E-state index is 6.31. The summed E-state index contributed by atoms with van der Waals surface area (Å²) in [7, 11) is 0. The van der Waals surface area contributed by atoms with Gasteiger partial charge in [0.15, 0.2) is 5.79 Å². The number of ether oxygens (including phenoxy) is 2. The monoisotopic (exact) mass is 294 g/mol. The predicted molar refractivity (Wildman–Crippen MR) is 82.2 cm³/mol. The summed E-state index contributed by atoms with van der Waals surface area (Å²) in [6, 6.07) is 0. The zero-order valence-electron chi connectivity index (χ0n) is 13.2. The van der Waals surface area contributed by atoms with E-state index < -0.39 is 0 Å². The zero-order valence-corrected chi connectivity index (χ0v) is 13.2. The first-order valence-corrected chi connectivity index (χ1v) is 9.03. The molecule has 4 nitrogen and oxygen atoms in total. The van der Waals surface area contributed by atoms with Gasteiger partial charge in [0.05, 0.1) is 12.7 Å². The third-order valence-electron chi connectivity index (χ3n) is 6.04. The molecule has 3 aliphatic heterocycles. The highest BCUT2D eigenvalue weighted by atomic mass is 16.7. The number of piperidine rings is 2. The molecule has 1 aliphatic carbocycles. The first kappa shape index (κ1) is 14.4. The summed E-state index contributed by atoms with van der Waals surface area (Å²) in [5.74, 6) is -0.190. The highest BCUT2D eigenvalue weighted by molar-refractivity contribution is 4.93. The fourth-order valence-electron chi connectivity index (χ4n) is 5.02. The van der Waals surface area contributed by atoms with Gasteiger partial charge >= 0.3 is 0 Å². The van der Waals surface area contributed by atoms with Gasteiger partial charge in [-0.2, -0.15) is 0 Å². The maximum Gasteiger partial charge on any atom is 0.168 e. The molecule has 0 aromatic carbocycles. The Morgan fingerprint density at radius 2 is 1.90 bits per heavy atom. The SMILES string of the molecule is C1CNCC2(C1)CCCN(CC1COC3(CCCC3)O1)C2. The van der Waals surface area contributed by atoms with Gasteiger partial charge in [0.2, 0.25) is 0 Å². The van der Waals surface area contributed by atoms with Crippen molar-refractivity contribution in [2.45, 2.75) is 63.3 Å². The van der Waals surface area contributed by atoms with Gasteiger partial charge < -0.3 is 19.7 Å². The van der Waals surface area contributed by atoms with Crippen LogP contribution in [0.4, 0.5) is 0 Å². The van der Waals surface area contributed by atoms with Crippen LogP contribution in [0.3, 0.4) is 0 Å². The molecule has 1 N–H and O–H groups in total. The standard InChI is InChI=1S/C17H30N2O2/c1-2-8-17(7-1)20-12-15(21-17)11-19-10-4-6-16(14-19)5-3-9-18-13-16/h15,18H,1-14H2. The Balaban J connectivity index is 1.32. The van der Waals surface area contributed by atoms with E-state index in [1.807, 2.05) is 0 Å². The van der Waals surface area contributed by atoms with Crippen LogP contribution in [-0.4, -0.2) is 56.1 Å². The molecule has 0 aromatic rings. The first-order valence-electron chi connectivity index (χ1n) is 9.03. The Labute approximate surface area is 128 Å². The fourth-order valence-corrected chi connectivity index (χ4v) is 5.02. The van der Waals surface area contributed by atoms with Crippen molar-refractivity contribution in [3.63, 3.8) is 0 Å². The molecule has 120 valence electrons. The number of rotatable bonds is 2. The van der Waals surface area contributed by atoms with E-state index >= 15 is 0 Å². The van der Waals surface area contributed by atoms with Gasteiger partial charge in [0.25, 0.3) is 0 Å². The lowest BCUT2D eigenvalue weighted by Crippen LogP contribution is -2.52. The van der Waals surface area contributed by atoms with Crippen molar-refractivity contribution in [3.05, 3.63) is 0 Å². The van der Waals surface area contributed by atoms with Gasteiger partial charge in [-0.25, -0.2) is 0 Å². The second kappa shape index (κ2) is 5.80. The third-order valence-corrected chi connectivity index (χ3v) is 6.04. The van der Waals surface area contributed by atoms with Gasteiger partial charge in [-0.15, -0.1) is 0 Å². The highest BCUT2D eigenvalue weighted by Crippen LogP contribution is 2.40. The quantitative estimate of drug-likeness (QED) is 0.846. The summed E-state index contributed by atoms with van der Waals surface area (Å²) < 4.78 is 12.3. The smallest absolute Gasteiger partial charge is 0.168 e. The van der Waals surface area contributed by atoms with Crippen LogP contribution in [0.25, 0.3) is 0 Å². The molecule has 0 bridgehead atoms. The Hall–Kier alpha value is -0.160. The molecule has 0 radical (unpaired) electrons. The second-order valence-corrected chi connectivity index (χ2v) is 7.79. The summed E-state index contributed by atoms with van der Waals surface area (Å²) >= 11 is 0. The van der Waals surface area contributed by atoms with E-state index in [0.717, 1.165) is 26.0 Å². The largest absolute Gasteiger partial charge is 0.347 e. The van der Waals surface area contributed by atoms with Crippen LogP contribution in [0.15, 0.2) is 0 Å². The van der Waals surface area contributed by atoms with Crippen LogP contribution >= 0.6 is 0 Å². The summed E-state index contributed by atoms with van der Waals surface area (Å²) in [4.78, 5) is 2.65. The Bertz CT molecular complexity index is 356. The number of hydrogen-bond donors (Lipinski definition) is 1. The molecular weight excluding hydrogens is 264 g/mol. The molecule has 2 spiro atoms. The highest BCUT2D eigenvalue weighted by Gasteiger charge is 2.45. The predicted octanol–water partition coefficient (Wildman–Crippen LogP) is 2.14. The molecule has 21 heavy (non-hydrogen) atoms. The third kappa shape index (κ3) is 3.00. The molecule has 2 unspecified atom stereocenters. The van der Waals surface area contributed by atoms with Crippen molar-refractivity contribution in [3.8, 4) is 0 Å². The topological polar surface area (TPSA) is 33.7 Å². The molecular formula is C17H30N2O2. The van der Waals surface area contributed by atoms with Crippen molar-refractivity contribution >= 4 is 0 Å². The van der Waals surface area contributed by atoms with E-state index in [4.69, 9.17) is 9.47 Å². The summed E-state index contributed by atoms with van der Waals surface area (Å²) in [5.41, 5.74) is 0.543. The lowest BCUT2D eigenvalue weighted by atomic mass is 9.74. The minimum atomic E-state index is -0.190. The zero-order chi connectivity index (χ0) is 14.2. The fraction of sp³-hybridized carbons (Fsp3) is 1.00. The normalized spacial score (nSPS) is 40.3. The van der Waals surface area contributed by atoms with Crippen LogP contribution in [0.5, 0.6) is 0 Å². The minimum absolute atomic E-state index is 0.190. The number of nitrogens with zero attached hydrogens (tertiary/aromatic N) is 1. The number of likely N-dealkylation sites (tertiary alicyclic amines) is 1. The first-order chi connectivity index (χ1) is 10.3. The van der Waals surface area contributed by atoms with E-state index in [0.29, 0.717) is 11.5 Å². The number of hydrogen-bond acceptors (Lipinski definition) is 4. The minimum Gasteiger partial charge on any atom is -0.347 e. The molecule has 1 saturated carbocycles.